The Morgan fingerprint density at radius 2 is 2.35 bits per heavy atom. The number of hydrogen-bond acceptors (Lipinski definition) is 5. The van der Waals surface area contributed by atoms with Crippen LogP contribution in [0.1, 0.15) is 6.42 Å². The Hall–Kier alpha value is -2.11. The number of carbonyl (C=O) groups is 1. The third kappa shape index (κ3) is 2.72. The van der Waals surface area contributed by atoms with Gasteiger partial charge in [-0.15, -0.1) is 0 Å². The standard InChI is InChI=1S/C11H13N3O3/c1-17-10-5-9(12-6-13-10)14-8-3-2-7(4-8)11(15)16/h2-3,5-8H,4H2,1H3,(H,15,16)(H,12,13,14). The molecule has 0 fully saturated rings. The summed E-state index contributed by atoms with van der Waals surface area (Å²) in [6.45, 7) is 0. The van der Waals surface area contributed by atoms with Crippen molar-refractivity contribution in [2.75, 3.05) is 12.4 Å². The van der Waals surface area contributed by atoms with Crippen LogP contribution in [0.3, 0.4) is 0 Å². The molecule has 0 bridgehead atoms. The number of aromatic nitrogens is 2. The lowest BCUT2D eigenvalue weighted by Gasteiger charge is -2.12. The summed E-state index contributed by atoms with van der Waals surface area (Å²) in [4.78, 5) is 18.7. The SMILES string of the molecule is COc1cc(NC2C=CC(C(=O)O)C2)ncn1. The van der Waals surface area contributed by atoms with Gasteiger partial charge in [-0.2, -0.15) is 0 Å². The third-order valence-corrected chi connectivity index (χ3v) is 2.59. The lowest BCUT2D eigenvalue weighted by atomic mass is 10.1. The minimum atomic E-state index is -0.800. The molecule has 0 spiro atoms. The van der Waals surface area contributed by atoms with Gasteiger partial charge in [-0.25, -0.2) is 9.97 Å². The molecule has 1 heterocycles. The molecule has 0 aliphatic heterocycles. The van der Waals surface area contributed by atoms with Crippen LogP contribution >= 0.6 is 0 Å². The fourth-order valence-corrected chi connectivity index (χ4v) is 1.71. The number of carboxylic acid groups (broad SMARTS) is 1. The normalized spacial score (nSPS) is 22.4. The monoisotopic (exact) mass is 235 g/mol. The molecular formula is C11H13N3O3. The van der Waals surface area contributed by atoms with E-state index in [9.17, 15) is 4.79 Å². The molecule has 1 aromatic heterocycles. The van der Waals surface area contributed by atoms with Crippen LogP contribution in [0.2, 0.25) is 0 Å². The van der Waals surface area contributed by atoms with Crippen LogP contribution in [0.5, 0.6) is 5.88 Å². The van der Waals surface area contributed by atoms with Gasteiger partial charge in [0, 0.05) is 12.1 Å². The van der Waals surface area contributed by atoms with Crippen LogP contribution in [-0.4, -0.2) is 34.2 Å². The maximum atomic E-state index is 10.8. The Morgan fingerprint density at radius 1 is 1.53 bits per heavy atom. The first-order valence-corrected chi connectivity index (χ1v) is 5.22. The molecule has 2 rings (SSSR count). The van der Waals surface area contributed by atoms with Crippen LogP contribution in [0.4, 0.5) is 5.82 Å². The Morgan fingerprint density at radius 3 is 3.00 bits per heavy atom. The number of ether oxygens (including phenoxy) is 1. The first-order chi connectivity index (χ1) is 8.19. The molecule has 0 amide bonds. The zero-order valence-electron chi connectivity index (χ0n) is 9.33. The summed E-state index contributed by atoms with van der Waals surface area (Å²) in [5, 5.41) is 12.0. The quantitative estimate of drug-likeness (QED) is 0.755. The van der Waals surface area contributed by atoms with Crippen molar-refractivity contribution in [2.24, 2.45) is 5.92 Å². The van der Waals surface area contributed by atoms with Gasteiger partial charge >= 0.3 is 5.97 Å². The molecule has 2 atom stereocenters. The second-order valence-corrected chi connectivity index (χ2v) is 3.76. The lowest BCUT2D eigenvalue weighted by molar-refractivity contribution is -0.140. The third-order valence-electron chi connectivity index (χ3n) is 2.59. The Labute approximate surface area is 98.3 Å². The van der Waals surface area contributed by atoms with Crippen LogP contribution in [0.25, 0.3) is 0 Å². The summed E-state index contributed by atoms with van der Waals surface area (Å²) < 4.78 is 4.98. The topological polar surface area (TPSA) is 84.3 Å². The van der Waals surface area contributed by atoms with Gasteiger partial charge in [0.25, 0.3) is 0 Å². The number of nitrogens with one attached hydrogen (secondary N) is 1. The maximum Gasteiger partial charge on any atom is 0.310 e. The van der Waals surface area contributed by atoms with Gasteiger partial charge in [0.15, 0.2) is 0 Å². The molecule has 17 heavy (non-hydrogen) atoms. The maximum absolute atomic E-state index is 10.8. The second-order valence-electron chi connectivity index (χ2n) is 3.76. The van der Waals surface area contributed by atoms with E-state index in [2.05, 4.69) is 15.3 Å². The van der Waals surface area contributed by atoms with E-state index in [0.717, 1.165) is 0 Å². The number of rotatable bonds is 4. The van der Waals surface area contributed by atoms with Crippen molar-refractivity contribution in [2.45, 2.75) is 12.5 Å². The number of carboxylic acids is 1. The van der Waals surface area contributed by atoms with Crippen molar-refractivity contribution < 1.29 is 14.6 Å². The van der Waals surface area contributed by atoms with Crippen molar-refractivity contribution in [1.29, 1.82) is 0 Å². The zero-order chi connectivity index (χ0) is 12.3. The van der Waals surface area contributed by atoms with E-state index in [1.54, 1.807) is 12.1 Å². The first-order valence-electron chi connectivity index (χ1n) is 5.22. The molecule has 1 aliphatic rings. The van der Waals surface area contributed by atoms with Crippen LogP contribution < -0.4 is 10.1 Å². The van der Waals surface area contributed by atoms with Crippen LogP contribution in [0.15, 0.2) is 24.5 Å². The number of methoxy groups -OCH3 is 1. The predicted octanol–water partition coefficient (Wildman–Crippen LogP) is 0.926. The number of aliphatic carboxylic acids is 1. The van der Waals surface area contributed by atoms with E-state index < -0.39 is 11.9 Å². The van der Waals surface area contributed by atoms with E-state index in [4.69, 9.17) is 9.84 Å². The number of nitrogens with zero attached hydrogens (tertiary/aromatic N) is 2. The van der Waals surface area contributed by atoms with Crippen LogP contribution in [-0.2, 0) is 4.79 Å². The zero-order valence-corrected chi connectivity index (χ0v) is 9.33. The lowest BCUT2D eigenvalue weighted by Crippen LogP contribution is -2.19. The molecule has 6 nitrogen and oxygen atoms in total. The summed E-state index contributed by atoms with van der Waals surface area (Å²) in [5.41, 5.74) is 0. The van der Waals surface area contributed by atoms with E-state index in [0.29, 0.717) is 18.1 Å². The van der Waals surface area contributed by atoms with Crippen LogP contribution in [0, 0.1) is 5.92 Å². The summed E-state index contributed by atoms with van der Waals surface area (Å²) in [7, 11) is 1.53. The van der Waals surface area contributed by atoms with Gasteiger partial charge in [-0.3, -0.25) is 4.79 Å². The number of hydrogen-bond donors (Lipinski definition) is 2. The molecule has 6 heteroatoms. The van der Waals surface area contributed by atoms with Gasteiger partial charge in [-0.05, 0) is 6.42 Å². The fraction of sp³-hybridized carbons (Fsp3) is 0.364. The summed E-state index contributed by atoms with van der Waals surface area (Å²) in [6, 6.07) is 1.65. The van der Waals surface area contributed by atoms with Crippen molar-refractivity contribution >= 4 is 11.8 Å². The molecule has 0 aromatic carbocycles. The van der Waals surface area contributed by atoms with Crippen molar-refractivity contribution in [3.8, 4) is 5.88 Å². The highest BCUT2D eigenvalue weighted by atomic mass is 16.5. The second kappa shape index (κ2) is 4.82. The van der Waals surface area contributed by atoms with Gasteiger partial charge in [0.05, 0.1) is 13.0 Å². The minimum absolute atomic E-state index is 0.0179. The predicted molar refractivity (Wildman–Crippen MR) is 60.9 cm³/mol. The number of anilines is 1. The first kappa shape index (κ1) is 11.4. The summed E-state index contributed by atoms with van der Waals surface area (Å²) in [6.07, 6.45) is 5.46. The molecule has 0 saturated heterocycles. The fourth-order valence-electron chi connectivity index (χ4n) is 1.71. The van der Waals surface area contributed by atoms with E-state index in [1.807, 2.05) is 6.08 Å². The highest BCUT2D eigenvalue weighted by Crippen LogP contribution is 2.21. The minimum Gasteiger partial charge on any atom is -0.481 e. The molecule has 90 valence electrons. The van der Waals surface area contributed by atoms with E-state index in [1.165, 1.54) is 13.4 Å². The summed E-state index contributed by atoms with van der Waals surface area (Å²) >= 11 is 0. The smallest absolute Gasteiger partial charge is 0.310 e. The van der Waals surface area contributed by atoms with E-state index >= 15 is 0 Å². The Kier molecular flexibility index (Phi) is 3.22. The van der Waals surface area contributed by atoms with Crippen molar-refractivity contribution in [3.05, 3.63) is 24.5 Å². The van der Waals surface area contributed by atoms with Crippen molar-refractivity contribution in [3.63, 3.8) is 0 Å². The van der Waals surface area contributed by atoms with Gasteiger partial charge < -0.3 is 15.2 Å². The molecule has 1 aliphatic carbocycles. The molecular weight excluding hydrogens is 222 g/mol. The molecule has 0 saturated carbocycles. The Balaban J connectivity index is 1.98. The highest BCUT2D eigenvalue weighted by Gasteiger charge is 2.24. The largest absolute Gasteiger partial charge is 0.481 e. The van der Waals surface area contributed by atoms with Gasteiger partial charge in [0.1, 0.15) is 12.1 Å². The molecule has 1 aromatic rings. The summed E-state index contributed by atoms with van der Waals surface area (Å²) in [5.74, 6) is -0.126. The Bertz CT molecular complexity index is 447. The van der Waals surface area contributed by atoms with Crippen molar-refractivity contribution in [1.82, 2.24) is 9.97 Å². The average molecular weight is 235 g/mol. The van der Waals surface area contributed by atoms with Gasteiger partial charge in [0.2, 0.25) is 5.88 Å². The van der Waals surface area contributed by atoms with Gasteiger partial charge in [-0.1, -0.05) is 12.2 Å². The average Bonchev–Trinajstić information content (AvgIpc) is 2.78. The molecule has 2 unspecified atom stereocenters. The molecule has 2 N–H and O–H groups in total. The van der Waals surface area contributed by atoms with E-state index in [-0.39, 0.29) is 6.04 Å². The highest BCUT2D eigenvalue weighted by molar-refractivity contribution is 5.73. The molecule has 0 radical (unpaired) electrons.